The first-order chi connectivity index (χ1) is 8.41. The number of nitrogens with one attached hydrogen (secondary N) is 1. The number of carboxylic acids is 1. The van der Waals surface area contributed by atoms with Crippen molar-refractivity contribution < 1.29 is 14.7 Å². The van der Waals surface area contributed by atoms with E-state index >= 15 is 0 Å². The normalized spacial score (nSPS) is 11.9. The molecule has 0 fully saturated rings. The van der Waals surface area contributed by atoms with Crippen LogP contribution in [0.25, 0.3) is 0 Å². The van der Waals surface area contributed by atoms with E-state index in [-0.39, 0.29) is 28.2 Å². The van der Waals surface area contributed by atoms with Crippen LogP contribution in [0, 0.1) is 5.92 Å². The predicted molar refractivity (Wildman–Crippen MR) is 68.0 cm³/mol. The van der Waals surface area contributed by atoms with Gasteiger partial charge in [0.2, 0.25) is 0 Å². The minimum atomic E-state index is -0.888. The second-order valence-corrected chi connectivity index (χ2v) is 4.55. The van der Waals surface area contributed by atoms with Gasteiger partial charge in [0, 0.05) is 12.7 Å². The highest BCUT2D eigenvalue weighted by atomic mass is 35.5. The molecule has 1 atom stereocenters. The number of halogens is 2. The maximum absolute atomic E-state index is 11.7. The Morgan fingerprint density at radius 3 is 2.72 bits per heavy atom. The second kappa shape index (κ2) is 6.56. The van der Waals surface area contributed by atoms with Crippen molar-refractivity contribution in [1.82, 2.24) is 10.3 Å². The molecule has 0 aromatic carbocycles. The summed E-state index contributed by atoms with van der Waals surface area (Å²) in [6.45, 7) is 1.85. The van der Waals surface area contributed by atoms with E-state index in [2.05, 4.69) is 10.3 Å². The van der Waals surface area contributed by atoms with Crippen molar-refractivity contribution in [2.24, 2.45) is 5.92 Å². The van der Waals surface area contributed by atoms with E-state index in [1.54, 1.807) is 6.92 Å². The fourth-order valence-electron chi connectivity index (χ4n) is 1.17. The molecule has 1 aromatic heterocycles. The molecular weight excluding hydrogens is 279 g/mol. The summed E-state index contributed by atoms with van der Waals surface area (Å²) in [7, 11) is 0. The summed E-state index contributed by atoms with van der Waals surface area (Å²) < 4.78 is 0. The number of hydrogen-bond donors (Lipinski definition) is 2. The first kappa shape index (κ1) is 14.7. The van der Waals surface area contributed by atoms with E-state index < -0.39 is 11.9 Å². The number of rotatable bonds is 5. The number of carboxylic acid groups (broad SMARTS) is 1. The molecular formula is C11H12Cl2N2O3. The highest BCUT2D eigenvalue weighted by Gasteiger charge is 2.12. The van der Waals surface area contributed by atoms with E-state index in [9.17, 15) is 9.59 Å². The Kier molecular flexibility index (Phi) is 5.37. The summed E-state index contributed by atoms with van der Waals surface area (Å²) >= 11 is 11.4. The average Bonchev–Trinajstić information content (AvgIpc) is 2.32. The summed E-state index contributed by atoms with van der Waals surface area (Å²) in [5.41, 5.74) is 0.285. The van der Waals surface area contributed by atoms with Gasteiger partial charge in [-0.2, -0.15) is 0 Å². The van der Waals surface area contributed by atoms with Crippen LogP contribution < -0.4 is 5.32 Å². The summed E-state index contributed by atoms with van der Waals surface area (Å²) in [6, 6.07) is 1.41. The average molecular weight is 291 g/mol. The van der Waals surface area contributed by atoms with Crippen LogP contribution in [0.3, 0.4) is 0 Å². The summed E-state index contributed by atoms with van der Waals surface area (Å²) in [6.07, 6.45) is 1.67. The largest absolute Gasteiger partial charge is 0.481 e. The molecule has 1 heterocycles. The van der Waals surface area contributed by atoms with Crippen molar-refractivity contribution in [2.45, 2.75) is 13.3 Å². The molecule has 1 aromatic rings. The lowest BCUT2D eigenvalue weighted by Gasteiger charge is -2.08. The number of nitrogens with zero attached hydrogens (tertiary/aromatic N) is 1. The zero-order chi connectivity index (χ0) is 13.7. The van der Waals surface area contributed by atoms with Crippen LogP contribution in [0.1, 0.15) is 23.7 Å². The Morgan fingerprint density at radius 1 is 1.50 bits per heavy atom. The zero-order valence-corrected chi connectivity index (χ0v) is 11.1. The Morgan fingerprint density at radius 2 is 2.17 bits per heavy atom. The van der Waals surface area contributed by atoms with Crippen LogP contribution in [0.2, 0.25) is 10.2 Å². The summed E-state index contributed by atoms with van der Waals surface area (Å²) in [5, 5.41) is 11.6. The van der Waals surface area contributed by atoms with Crippen molar-refractivity contribution in [1.29, 1.82) is 0 Å². The van der Waals surface area contributed by atoms with E-state index in [1.807, 2.05) is 0 Å². The van der Waals surface area contributed by atoms with Gasteiger partial charge in [0.1, 0.15) is 5.15 Å². The molecule has 0 saturated carbocycles. The van der Waals surface area contributed by atoms with Crippen LogP contribution >= 0.6 is 23.2 Å². The number of aliphatic carboxylic acids is 1. The smallest absolute Gasteiger partial charge is 0.306 e. The standard InChI is InChI=1S/C11H12Cl2N2O3/c1-6(11(17)18)2-3-14-10(16)7-4-8(12)9(13)15-5-7/h4-6H,2-3H2,1H3,(H,14,16)(H,17,18). The molecule has 0 aliphatic carbocycles. The van der Waals surface area contributed by atoms with Gasteiger partial charge in [0.15, 0.2) is 0 Å². The number of aromatic nitrogens is 1. The number of hydrogen-bond acceptors (Lipinski definition) is 3. The van der Waals surface area contributed by atoms with Gasteiger partial charge >= 0.3 is 5.97 Å². The molecule has 1 unspecified atom stereocenters. The second-order valence-electron chi connectivity index (χ2n) is 3.78. The molecule has 7 heteroatoms. The van der Waals surface area contributed by atoms with Gasteiger partial charge in [-0.15, -0.1) is 0 Å². The van der Waals surface area contributed by atoms with Crippen molar-refractivity contribution in [3.63, 3.8) is 0 Å². The van der Waals surface area contributed by atoms with Gasteiger partial charge in [-0.05, 0) is 12.5 Å². The number of carbonyl (C=O) groups excluding carboxylic acids is 1. The van der Waals surface area contributed by atoms with E-state index in [4.69, 9.17) is 28.3 Å². The highest BCUT2D eigenvalue weighted by molar-refractivity contribution is 6.41. The lowest BCUT2D eigenvalue weighted by atomic mass is 10.1. The Labute approximate surface area is 114 Å². The van der Waals surface area contributed by atoms with Crippen molar-refractivity contribution in [3.8, 4) is 0 Å². The Hall–Kier alpha value is -1.33. The molecule has 18 heavy (non-hydrogen) atoms. The summed E-state index contributed by atoms with van der Waals surface area (Å²) in [5.74, 6) is -1.75. The topological polar surface area (TPSA) is 79.3 Å². The van der Waals surface area contributed by atoms with Gasteiger partial charge < -0.3 is 10.4 Å². The molecule has 0 aliphatic heterocycles. The third kappa shape index (κ3) is 4.16. The number of amides is 1. The first-order valence-corrected chi connectivity index (χ1v) is 5.99. The van der Waals surface area contributed by atoms with Crippen molar-refractivity contribution in [2.75, 3.05) is 6.54 Å². The van der Waals surface area contributed by atoms with E-state index in [1.165, 1.54) is 12.3 Å². The van der Waals surface area contributed by atoms with Crippen molar-refractivity contribution in [3.05, 3.63) is 28.0 Å². The number of pyridine rings is 1. The van der Waals surface area contributed by atoms with E-state index in [0.717, 1.165) is 0 Å². The minimum absolute atomic E-state index is 0.132. The molecule has 0 aliphatic rings. The summed E-state index contributed by atoms with van der Waals surface area (Å²) in [4.78, 5) is 26.0. The maximum atomic E-state index is 11.7. The van der Waals surface area contributed by atoms with Gasteiger partial charge in [0.25, 0.3) is 5.91 Å². The molecule has 1 rings (SSSR count). The fourth-order valence-corrected chi connectivity index (χ4v) is 1.44. The minimum Gasteiger partial charge on any atom is -0.481 e. The van der Waals surface area contributed by atoms with Gasteiger partial charge in [-0.25, -0.2) is 4.98 Å². The Balaban J connectivity index is 2.50. The van der Waals surface area contributed by atoms with Crippen molar-refractivity contribution >= 4 is 35.1 Å². The number of carbonyl (C=O) groups is 2. The third-order valence-electron chi connectivity index (χ3n) is 2.34. The van der Waals surface area contributed by atoms with Gasteiger partial charge in [-0.3, -0.25) is 9.59 Å². The predicted octanol–water partition coefficient (Wildman–Crippen LogP) is 2.23. The van der Waals surface area contributed by atoms with Crippen LogP contribution in [-0.4, -0.2) is 28.5 Å². The van der Waals surface area contributed by atoms with Gasteiger partial charge in [-0.1, -0.05) is 30.1 Å². The van der Waals surface area contributed by atoms with Crippen LogP contribution in [-0.2, 0) is 4.79 Å². The molecule has 1 amide bonds. The van der Waals surface area contributed by atoms with Crippen LogP contribution in [0.5, 0.6) is 0 Å². The molecule has 0 bridgehead atoms. The first-order valence-electron chi connectivity index (χ1n) is 5.24. The highest BCUT2D eigenvalue weighted by Crippen LogP contribution is 2.19. The fraction of sp³-hybridized carbons (Fsp3) is 0.364. The molecule has 0 radical (unpaired) electrons. The van der Waals surface area contributed by atoms with Crippen LogP contribution in [0.15, 0.2) is 12.3 Å². The Bertz CT molecular complexity index is 466. The molecule has 2 N–H and O–H groups in total. The monoisotopic (exact) mass is 290 g/mol. The zero-order valence-electron chi connectivity index (χ0n) is 9.61. The van der Waals surface area contributed by atoms with Gasteiger partial charge in [0.05, 0.1) is 16.5 Å². The van der Waals surface area contributed by atoms with E-state index in [0.29, 0.717) is 6.42 Å². The third-order valence-corrected chi connectivity index (χ3v) is 3.03. The lowest BCUT2D eigenvalue weighted by molar-refractivity contribution is -0.141. The maximum Gasteiger partial charge on any atom is 0.306 e. The SMILES string of the molecule is CC(CCNC(=O)c1cnc(Cl)c(Cl)c1)C(=O)O. The molecule has 98 valence electrons. The lowest BCUT2D eigenvalue weighted by Crippen LogP contribution is -2.27. The quantitative estimate of drug-likeness (QED) is 0.815. The molecule has 0 spiro atoms. The molecule has 0 saturated heterocycles. The van der Waals surface area contributed by atoms with Crippen LogP contribution in [0.4, 0.5) is 0 Å². The molecule has 5 nitrogen and oxygen atoms in total.